The van der Waals surface area contributed by atoms with E-state index >= 15 is 0 Å². The minimum Gasteiger partial charge on any atom is -0.310 e. The van der Waals surface area contributed by atoms with Gasteiger partial charge in [-0.05, 0) is 92.4 Å². The lowest BCUT2D eigenvalue weighted by Crippen LogP contribution is -2.28. The van der Waals surface area contributed by atoms with E-state index in [0.29, 0.717) is 5.92 Å². The Bertz CT molecular complexity index is 2550. The third-order valence-corrected chi connectivity index (χ3v) is 11.5. The van der Waals surface area contributed by atoms with Gasteiger partial charge in [-0.1, -0.05) is 188 Å². The summed E-state index contributed by atoms with van der Waals surface area (Å²) < 4.78 is 0. The Morgan fingerprint density at radius 1 is 0.463 bits per heavy atom. The molecule has 0 fully saturated rings. The van der Waals surface area contributed by atoms with Gasteiger partial charge in [0.15, 0.2) is 0 Å². The van der Waals surface area contributed by atoms with Gasteiger partial charge in [-0.25, -0.2) is 0 Å². The maximum Gasteiger partial charge on any atom is 0.0714 e. The molecule has 0 aromatic heterocycles. The van der Waals surface area contributed by atoms with Gasteiger partial charge in [0, 0.05) is 22.9 Å². The molecule has 3 aliphatic rings. The number of nitrogens with zero attached hydrogens (tertiary/aromatic N) is 1. The number of anilines is 3. The van der Waals surface area contributed by atoms with Crippen LogP contribution < -0.4 is 4.90 Å². The zero-order valence-electron chi connectivity index (χ0n) is 30.0. The molecule has 0 amide bonds. The van der Waals surface area contributed by atoms with Crippen molar-refractivity contribution < 1.29 is 0 Å². The number of hydrogen-bond acceptors (Lipinski definition) is 1. The number of benzene rings is 7. The average molecular weight is 690 g/mol. The van der Waals surface area contributed by atoms with Crippen LogP contribution in [-0.4, -0.2) is 0 Å². The molecular formula is C53H39N. The molecule has 0 spiro atoms. The molecule has 0 radical (unpaired) electrons. The first-order chi connectivity index (χ1) is 26.8. The summed E-state index contributed by atoms with van der Waals surface area (Å²) in [6, 6.07) is 67.0. The van der Waals surface area contributed by atoms with E-state index in [9.17, 15) is 0 Å². The Balaban J connectivity index is 1.18. The van der Waals surface area contributed by atoms with Crippen LogP contribution in [-0.2, 0) is 5.41 Å². The quantitative estimate of drug-likeness (QED) is 0.161. The molecule has 0 N–H and O–H groups in total. The molecule has 10 rings (SSSR count). The number of rotatable bonds is 7. The standard InChI is InChI=1S/C53H39N/c1-4-16-38(17-5-1)39-30-34-44(35-31-39)54(45-36-32-41(33-37-45)47-26-14-19-40-18-10-11-24-46(40)47)51-29-15-28-50-52(51)48-25-12-13-27-49(48)53(50,42-20-6-2-7-21-42)43-22-8-3-9-23-43/h1-23,25-37,46H,24H2. The van der Waals surface area contributed by atoms with Crippen LogP contribution in [0.1, 0.15) is 34.2 Å². The molecule has 0 saturated heterocycles. The Labute approximate surface area is 318 Å². The summed E-state index contributed by atoms with van der Waals surface area (Å²) in [4.78, 5) is 2.46. The van der Waals surface area contributed by atoms with Crippen LogP contribution in [0.4, 0.5) is 17.1 Å². The summed E-state index contributed by atoms with van der Waals surface area (Å²) in [5.74, 6) is 0.394. The molecule has 7 aromatic rings. The second kappa shape index (κ2) is 13.4. The van der Waals surface area contributed by atoms with Crippen molar-refractivity contribution in [2.75, 3.05) is 4.90 Å². The van der Waals surface area contributed by atoms with Gasteiger partial charge in [0.25, 0.3) is 0 Å². The third kappa shape index (κ3) is 5.16. The van der Waals surface area contributed by atoms with Crippen molar-refractivity contribution in [3.63, 3.8) is 0 Å². The Hall–Kier alpha value is -6.70. The summed E-state index contributed by atoms with van der Waals surface area (Å²) >= 11 is 0. The predicted octanol–water partition coefficient (Wildman–Crippen LogP) is 13.6. The summed E-state index contributed by atoms with van der Waals surface area (Å²) in [7, 11) is 0. The Morgan fingerprint density at radius 2 is 1.04 bits per heavy atom. The monoisotopic (exact) mass is 689 g/mol. The fraction of sp³-hybridized carbons (Fsp3) is 0.0566. The average Bonchev–Trinajstić information content (AvgIpc) is 3.57. The molecule has 1 unspecified atom stereocenters. The van der Waals surface area contributed by atoms with Gasteiger partial charge in [0.2, 0.25) is 0 Å². The number of fused-ring (bicyclic) bond motifs is 4. The van der Waals surface area contributed by atoms with E-state index in [1.165, 1.54) is 61.2 Å². The normalized spacial score (nSPS) is 16.1. The fourth-order valence-electron chi connectivity index (χ4n) is 9.12. The smallest absolute Gasteiger partial charge is 0.0714 e. The van der Waals surface area contributed by atoms with Crippen LogP contribution in [0.25, 0.3) is 27.8 Å². The van der Waals surface area contributed by atoms with Crippen molar-refractivity contribution in [1.29, 1.82) is 0 Å². The highest BCUT2D eigenvalue weighted by Crippen LogP contribution is 2.59. The molecule has 0 aliphatic heterocycles. The van der Waals surface area contributed by atoms with Crippen molar-refractivity contribution in [2.24, 2.45) is 5.92 Å². The van der Waals surface area contributed by atoms with Crippen LogP contribution in [0, 0.1) is 5.92 Å². The van der Waals surface area contributed by atoms with Gasteiger partial charge < -0.3 is 4.90 Å². The van der Waals surface area contributed by atoms with Crippen molar-refractivity contribution >= 4 is 22.6 Å². The van der Waals surface area contributed by atoms with Gasteiger partial charge in [-0.15, -0.1) is 0 Å². The SMILES string of the molecule is C1=CCC2C(=C1)C=CC=C2c1ccc(N(c2ccc(-c3ccccc3)cc2)c2cccc3c2-c2ccccc2C3(c2ccccc2)c2ccccc2)cc1. The van der Waals surface area contributed by atoms with E-state index in [2.05, 4.69) is 223 Å². The number of hydrogen-bond donors (Lipinski definition) is 0. The molecule has 1 heteroatoms. The molecule has 0 bridgehead atoms. The van der Waals surface area contributed by atoms with E-state index in [0.717, 1.165) is 23.5 Å². The van der Waals surface area contributed by atoms with Crippen molar-refractivity contribution in [3.8, 4) is 22.3 Å². The highest BCUT2D eigenvalue weighted by atomic mass is 15.1. The third-order valence-electron chi connectivity index (χ3n) is 11.5. The molecule has 0 heterocycles. The second-order valence-electron chi connectivity index (χ2n) is 14.4. The lowest BCUT2D eigenvalue weighted by molar-refractivity contribution is 0.768. The van der Waals surface area contributed by atoms with Gasteiger partial charge in [0.05, 0.1) is 11.1 Å². The van der Waals surface area contributed by atoms with Crippen molar-refractivity contribution in [2.45, 2.75) is 11.8 Å². The van der Waals surface area contributed by atoms with E-state index in [4.69, 9.17) is 0 Å². The summed E-state index contributed by atoms with van der Waals surface area (Å²) in [6.07, 6.45) is 14.5. The highest BCUT2D eigenvalue weighted by molar-refractivity contribution is 5.97. The lowest BCUT2D eigenvalue weighted by atomic mass is 9.68. The van der Waals surface area contributed by atoms with E-state index in [1.807, 2.05) is 0 Å². The van der Waals surface area contributed by atoms with Crippen LogP contribution in [0.15, 0.2) is 224 Å². The van der Waals surface area contributed by atoms with Gasteiger partial charge in [-0.2, -0.15) is 0 Å². The van der Waals surface area contributed by atoms with Crippen LogP contribution in [0.5, 0.6) is 0 Å². The minimum absolute atomic E-state index is 0.394. The van der Waals surface area contributed by atoms with Crippen LogP contribution >= 0.6 is 0 Å². The minimum atomic E-state index is -0.474. The van der Waals surface area contributed by atoms with E-state index in [-0.39, 0.29) is 0 Å². The molecule has 54 heavy (non-hydrogen) atoms. The number of allylic oxidation sites excluding steroid dienone is 8. The Morgan fingerprint density at radius 3 is 1.72 bits per heavy atom. The zero-order valence-corrected chi connectivity index (χ0v) is 30.0. The predicted molar refractivity (Wildman–Crippen MR) is 226 cm³/mol. The molecular weight excluding hydrogens is 651 g/mol. The second-order valence-corrected chi connectivity index (χ2v) is 14.4. The van der Waals surface area contributed by atoms with Gasteiger partial charge in [0.1, 0.15) is 0 Å². The van der Waals surface area contributed by atoms with Gasteiger partial charge in [-0.3, -0.25) is 0 Å². The first kappa shape index (κ1) is 32.0. The molecule has 0 saturated carbocycles. The summed E-state index contributed by atoms with van der Waals surface area (Å²) in [6.45, 7) is 0. The van der Waals surface area contributed by atoms with Gasteiger partial charge >= 0.3 is 0 Å². The molecule has 1 atom stereocenters. The summed E-state index contributed by atoms with van der Waals surface area (Å²) in [5, 5.41) is 0. The Kier molecular flexibility index (Phi) is 7.92. The molecule has 1 nitrogen and oxygen atoms in total. The largest absolute Gasteiger partial charge is 0.310 e. The first-order valence-corrected chi connectivity index (χ1v) is 19.0. The first-order valence-electron chi connectivity index (χ1n) is 19.0. The maximum absolute atomic E-state index is 2.46. The molecule has 3 aliphatic carbocycles. The summed E-state index contributed by atoms with van der Waals surface area (Å²) in [5.41, 5.74) is 17.0. The van der Waals surface area contributed by atoms with Crippen molar-refractivity contribution in [3.05, 3.63) is 252 Å². The van der Waals surface area contributed by atoms with E-state index in [1.54, 1.807) is 0 Å². The van der Waals surface area contributed by atoms with E-state index < -0.39 is 5.41 Å². The topological polar surface area (TPSA) is 3.24 Å². The van der Waals surface area contributed by atoms with Crippen molar-refractivity contribution in [1.82, 2.24) is 0 Å². The maximum atomic E-state index is 2.46. The fourth-order valence-corrected chi connectivity index (χ4v) is 9.12. The molecule has 256 valence electrons. The van der Waals surface area contributed by atoms with Crippen LogP contribution in [0.2, 0.25) is 0 Å². The van der Waals surface area contributed by atoms with Crippen LogP contribution in [0.3, 0.4) is 0 Å². The lowest BCUT2D eigenvalue weighted by Gasteiger charge is -2.34. The zero-order chi connectivity index (χ0) is 35.9. The molecule has 7 aromatic carbocycles. The highest BCUT2D eigenvalue weighted by Gasteiger charge is 2.47.